The van der Waals surface area contributed by atoms with Gasteiger partial charge in [0.1, 0.15) is 6.08 Å². The normalized spacial score (nSPS) is 11.9. The van der Waals surface area contributed by atoms with Gasteiger partial charge in [0.05, 0.1) is 30.4 Å². The van der Waals surface area contributed by atoms with Gasteiger partial charge in [0.15, 0.2) is 0 Å². The van der Waals surface area contributed by atoms with Crippen molar-refractivity contribution in [1.82, 2.24) is 0 Å². The maximum Gasteiger partial charge on any atom is 0.337 e. The van der Waals surface area contributed by atoms with E-state index in [1.54, 1.807) is 0 Å². The average molecular weight is 381 g/mol. The molecule has 0 fully saturated rings. The van der Waals surface area contributed by atoms with Crippen LogP contribution in [0.2, 0.25) is 0 Å². The van der Waals surface area contributed by atoms with Gasteiger partial charge in [-0.1, -0.05) is 30.3 Å². The van der Waals surface area contributed by atoms with Crippen molar-refractivity contribution in [3.63, 3.8) is 0 Å². The Hall–Kier alpha value is -3.20. The summed E-state index contributed by atoms with van der Waals surface area (Å²) < 4.78 is 4.48. The molecule has 0 bridgehead atoms. The second-order valence-electron chi connectivity index (χ2n) is 5.61. The molecule has 0 heterocycles. The summed E-state index contributed by atoms with van der Waals surface area (Å²) >= 11 is 5.21. The van der Waals surface area contributed by atoms with Gasteiger partial charge in [-0.3, -0.25) is 4.79 Å². The maximum atomic E-state index is 11.0. The van der Waals surface area contributed by atoms with Crippen LogP contribution in [0.3, 0.4) is 0 Å². The molecule has 0 aromatic heterocycles. The zero-order chi connectivity index (χ0) is 19.6. The van der Waals surface area contributed by atoms with E-state index in [4.69, 9.17) is 17.3 Å². The monoisotopic (exact) mass is 380 g/mol. The second kappa shape index (κ2) is 10.1. The van der Waals surface area contributed by atoms with Crippen molar-refractivity contribution in [1.29, 1.82) is 0 Å². The molecule has 136 valence electrons. The summed E-state index contributed by atoms with van der Waals surface area (Å²) in [6.45, 7) is 0. The number of rotatable bonds is 4. The summed E-state index contributed by atoms with van der Waals surface area (Å²) in [7, 11) is 1.29. The highest BCUT2D eigenvalue weighted by atomic mass is 35.5. The minimum Gasteiger partial charge on any atom is -0.465 e. The van der Waals surface area contributed by atoms with E-state index >= 15 is 0 Å². The van der Waals surface area contributed by atoms with Crippen LogP contribution in [0, 0.1) is 6.08 Å². The number of halogens is 1. The van der Waals surface area contributed by atoms with Gasteiger partial charge in [0.25, 0.3) is 5.24 Å². The van der Waals surface area contributed by atoms with Crippen LogP contribution >= 0.6 is 11.6 Å². The molecule has 0 unspecified atom stereocenters. The number of methoxy groups -OCH3 is 1. The minimum atomic E-state index is -0.545. The van der Waals surface area contributed by atoms with Crippen LogP contribution in [0.5, 0.6) is 0 Å². The van der Waals surface area contributed by atoms with E-state index < -0.39 is 11.2 Å². The van der Waals surface area contributed by atoms with E-state index in [2.05, 4.69) is 22.9 Å². The summed E-state index contributed by atoms with van der Waals surface area (Å²) in [6, 6.07) is 16.2. The Labute approximate surface area is 163 Å². The predicted molar refractivity (Wildman–Crippen MR) is 106 cm³/mol. The summed E-state index contributed by atoms with van der Waals surface area (Å²) in [5, 5.41) is -0.545. The summed E-state index contributed by atoms with van der Waals surface area (Å²) in [5.41, 5.74) is 9.72. The molecule has 0 spiro atoms. The Morgan fingerprint density at radius 2 is 1.67 bits per heavy atom. The molecule has 5 heteroatoms. The van der Waals surface area contributed by atoms with Crippen LogP contribution in [0.25, 0.3) is 0 Å². The number of esters is 1. The lowest BCUT2D eigenvalue weighted by atomic mass is 10.00. The number of allylic oxidation sites excluding steroid dienone is 5. The average Bonchev–Trinajstić information content (AvgIpc) is 2.70. The van der Waals surface area contributed by atoms with Crippen molar-refractivity contribution in [3.05, 3.63) is 107 Å². The summed E-state index contributed by atoms with van der Waals surface area (Å²) in [5.74, 6) is -0.437. The lowest BCUT2D eigenvalue weighted by Crippen LogP contribution is -2.05. The topological polar surface area (TPSA) is 69.4 Å². The molecule has 0 radical (unpaired) electrons. The molecule has 1 aliphatic carbocycles. The molecule has 0 aliphatic heterocycles. The second-order valence-corrected chi connectivity index (χ2v) is 5.96. The molecular formula is C22H19ClNO3+. The number of hydrogen-bond acceptors (Lipinski definition) is 4. The van der Waals surface area contributed by atoms with Gasteiger partial charge in [-0.25, -0.2) is 4.79 Å². The van der Waals surface area contributed by atoms with Crippen molar-refractivity contribution in [2.24, 2.45) is 5.73 Å². The molecule has 0 atom stereocenters. The van der Waals surface area contributed by atoms with Crippen molar-refractivity contribution in [2.75, 3.05) is 7.11 Å². The van der Waals surface area contributed by atoms with Gasteiger partial charge in [-0.2, -0.15) is 0 Å². The highest BCUT2D eigenvalue weighted by molar-refractivity contribution is 6.67. The van der Waals surface area contributed by atoms with E-state index in [9.17, 15) is 9.59 Å². The van der Waals surface area contributed by atoms with Gasteiger partial charge in [0, 0.05) is 18.1 Å². The highest BCUT2D eigenvalue weighted by Gasteiger charge is 2.12. The standard InChI is InChI=1S/C13H12N.C9H7ClO3/c14-13-9-5-4-8-12(13)10-11-6-2-1-3-7-11;1-13-9(12)7-4-2-6(3-5-7)8(10)11/h1-8H,10,14H2;2-5H,1H3/q+1;. The van der Waals surface area contributed by atoms with Gasteiger partial charge in [0.2, 0.25) is 5.70 Å². The molecule has 0 saturated carbocycles. The fourth-order valence-electron chi connectivity index (χ4n) is 2.31. The predicted octanol–water partition coefficient (Wildman–Crippen LogP) is 4.22. The van der Waals surface area contributed by atoms with Gasteiger partial charge in [-0.05, 0) is 41.4 Å². The molecule has 1 aliphatic rings. The Bertz CT molecular complexity index is 882. The number of benzene rings is 2. The zero-order valence-corrected chi connectivity index (χ0v) is 15.6. The van der Waals surface area contributed by atoms with Crippen LogP contribution in [0.1, 0.15) is 26.3 Å². The quantitative estimate of drug-likeness (QED) is 0.489. The fraction of sp³-hybridized carbons (Fsp3) is 0.0909. The first-order valence-electron chi connectivity index (χ1n) is 8.18. The van der Waals surface area contributed by atoms with Crippen LogP contribution < -0.4 is 5.73 Å². The lowest BCUT2D eigenvalue weighted by Gasteiger charge is -2.01. The lowest BCUT2D eigenvalue weighted by molar-refractivity contribution is 0.0600. The summed E-state index contributed by atoms with van der Waals surface area (Å²) in [6.07, 6.45) is 9.72. The molecular weight excluding hydrogens is 362 g/mol. The third-order valence-electron chi connectivity index (χ3n) is 3.75. The van der Waals surface area contributed by atoms with Crippen LogP contribution in [0.15, 0.2) is 84.1 Å². The molecule has 4 nitrogen and oxygen atoms in total. The Kier molecular flexibility index (Phi) is 7.50. The van der Waals surface area contributed by atoms with Crippen LogP contribution in [0.4, 0.5) is 0 Å². The van der Waals surface area contributed by atoms with Crippen molar-refractivity contribution < 1.29 is 14.3 Å². The van der Waals surface area contributed by atoms with E-state index in [0.717, 1.165) is 17.7 Å². The van der Waals surface area contributed by atoms with Crippen molar-refractivity contribution in [3.8, 4) is 0 Å². The Morgan fingerprint density at radius 1 is 1.04 bits per heavy atom. The number of carbonyl (C=O) groups is 2. The van der Waals surface area contributed by atoms with E-state index in [-0.39, 0.29) is 0 Å². The van der Waals surface area contributed by atoms with E-state index in [1.165, 1.54) is 36.9 Å². The van der Waals surface area contributed by atoms with Crippen LogP contribution in [-0.4, -0.2) is 18.3 Å². The Morgan fingerprint density at radius 3 is 2.22 bits per heavy atom. The smallest absolute Gasteiger partial charge is 0.337 e. The molecule has 0 saturated heterocycles. The molecule has 2 N–H and O–H groups in total. The SMILES string of the molecule is COC(=O)c1ccc(C(=O)Cl)cc1.NC1=[C+]C=CC=C1Cc1ccccc1. The number of carbonyl (C=O) groups excluding carboxylic acids is 2. The van der Waals surface area contributed by atoms with E-state index in [1.807, 2.05) is 36.4 Å². The fourth-order valence-corrected chi connectivity index (χ4v) is 2.44. The molecule has 2 aromatic rings. The maximum absolute atomic E-state index is 11.0. The van der Waals surface area contributed by atoms with Gasteiger partial charge < -0.3 is 10.5 Å². The highest BCUT2D eigenvalue weighted by Crippen LogP contribution is 2.15. The van der Waals surface area contributed by atoms with E-state index in [0.29, 0.717) is 11.1 Å². The number of nitrogens with two attached hydrogens (primary N) is 1. The number of hydrogen-bond donors (Lipinski definition) is 1. The van der Waals surface area contributed by atoms with Crippen LogP contribution in [-0.2, 0) is 11.2 Å². The third kappa shape index (κ3) is 6.23. The molecule has 3 rings (SSSR count). The number of ether oxygens (including phenoxy) is 1. The first kappa shape index (κ1) is 20.1. The molecule has 2 aromatic carbocycles. The van der Waals surface area contributed by atoms with Crippen molar-refractivity contribution >= 4 is 22.8 Å². The first-order valence-corrected chi connectivity index (χ1v) is 8.56. The largest absolute Gasteiger partial charge is 0.465 e. The third-order valence-corrected chi connectivity index (χ3v) is 3.97. The Balaban J connectivity index is 0.000000194. The van der Waals surface area contributed by atoms with Gasteiger partial charge >= 0.3 is 5.97 Å². The first-order chi connectivity index (χ1) is 13.0. The zero-order valence-electron chi connectivity index (χ0n) is 14.8. The van der Waals surface area contributed by atoms with Gasteiger partial charge in [-0.15, -0.1) is 0 Å². The molecule has 0 amide bonds. The van der Waals surface area contributed by atoms with Crippen molar-refractivity contribution in [2.45, 2.75) is 6.42 Å². The minimum absolute atomic E-state index is 0.356. The molecule has 27 heavy (non-hydrogen) atoms. The summed E-state index contributed by atoms with van der Waals surface area (Å²) in [4.78, 5) is 21.6.